The molecule has 0 spiro atoms. The van der Waals surface area contributed by atoms with E-state index in [1.54, 1.807) is 5.57 Å². The molecule has 0 aliphatic heterocycles. The van der Waals surface area contributed by atoms with Crippen LogP contribution in [0.4, 0.5) is 5.95 Å². The summed E-state index contributed by atoms with van der Waals surface area (Å²) in [4.78, 5) is 4.66. The Bertz CT molecular complexity index is 1160. The van der Waals surface area contributed by atoms with Gasteiger partial charge in [0, 0.05) is 18.6 Å². The maximum Gasteiger partial charge on any atom is 0.265 e. The van der Waals surface area contributed by atoms with Gasteiger partial charge in [-0.15, -0.1) is 10.2 Å². The molecule has 0 bridgehead atoms. The maximum absolute atomic E-state index is 4.66. The second-order valence-electron chi connectivity index (χ2n) is 9.71. The molecule has 3 atom stereocenters. The molecule has 3 aromatic rings. The smallest absolute Gasteiger partial charge is 0.265 e. The van der Waals surface area contributed by atoms with E-state index in [0.717, 1.165) is 22.1 Å². The number of hydrogen-bond acceptors (Lipinski definition) is 5. The Labute approximate surface area is 177 Å². The zero-order chi connectivity index (χ0) is 20.9. The molecule has 2 aliphatic carbocycles. The van der Waals surface area contributed by atoms with E-state index in [4.69, 9.17) is 0 Å². The molecule has 1 N–H and O–H groups in total. The van der Waals surface area contributed by atoms with Crippen molar-refractivity contribution in [3.63, 3.8) is 0 Å². The van der Waals surface area contributed by atoms with Gasteiger partial charge in [0.15, 0.2) is 5.65 Å². The third-order valence-electron chi connectivity index (χ3n) is 7.32. The number of aromatic nitrogens is 4. The highest BCUT2D eigenvalue weighted by atomic mass is 15.4. The van der Waals surface area contributed by atoms with Crippen LogP contribution in [0.3, 0.4) is 0 Å². The first-order chi connectivity index (χ1) is 14.4. The van der Waals surface area contributed by atoms with Crippen LogP contribution in [0.25, 0.3) is 22.1 Å². The van der Waals surface area contributed by atoms with Crippen molar-refractivity contribution in [3.05, 3.63) is 35.9 Å². The quantitative estimate of drug-likeness (QED) is 0.366. The minimum atomic E-state index is 0.385. The molecule has 2 heterocycles. The maximum atomic E-state index is 4.66. The van der Waals surface area contributed by atoms with E-state index in [9.17, 15) is 0 Å². The van der Waals surface area contributed by atoms with Crippen LogP contribution >= 0.6 is 0 Å². The standard InChI is InChI=1S/C24H30N6/c1-15-12-16-8-7-11-24(2,3)19(16)13-17(15)14-25-28-23-26-22-21(27-29-23)18-9-5-6-10-20(18)30(22)4/h5-6,8-10,14-15,17,19H,7,11-13H2,1-4H3,(H,26,28,29)/b25-14-/t15-,17-,19+/m1/s1. The van der Waals surface area contributed by atoms with Gasteiger partial charge in [-0.25, -0.2) is 5.43 Å². The van der Waals surface area contributed by atoms with Gasteiger partial charge in [-0.3, -0.25) is 0 Å². The lowest BCUT2D eigenvalue weighted by atomic mass is 9.59. The van der Waals surface area contributed by atoms with Gasteiger partial charge in [-0.1, -0.05) is 50.6 Å². The van der Waals surface area contributed by atoms with Gasteiger partial charge in [0.25, 0.3) is 5.95 Å². The van der Waals surface area contributed by atoms with Crippen molar-refractivity contribution >= 4 is 34.2 Å². The number of anilines is 1. The molecule has 1 aromatic carbocycles. The average molecular weight is 403 g/mol. The van der Waals surface area contributed by atoms with Crippen LogP contribution in [0.5, 0.6) is 0 Å². The first-order valence-corrected chi connectivity index (χ1v) is 11.0. The normalized spacial score (nSPS) is 26.1. The number of rotatable bonds is 3. The molecular formula is C24H30N6. The fraction of sp³-hybridized carbons (Fsp3) is 0.500. The predicted molar refractivity (Wildman–Crippen MR) is 122 cm³/mol. The highest BCUT2D eigenvalue weighted by molar-refractivity contribution is 6.04. The molecule has 6 heteroatoms. The summed E-state index contributed by atoms with van der Waals surface area (Å²) in [5.74, 6) is 2.17. The van der Waals surface area contributed by atoms with E-state index >= 15 is 0 Å². The first-order valence-electron chi connectivity index (χ1n) is 11.0. The van der Waals surface area contributed by atoms with Crippen molar-refractivity contribution in [2.75, 3.05) is 5.43 Å². The third-order valence-corrected chi connectivity index (χ3v) is 7.32. The average Bonchev–Trinajstić information content (AvgIpc) is 3.01. The fourth-order valence-electron chi connectivity index (χ4n) is 5.42. The van der Waals surface area contributed by atoms with E-state index in [-0.39, 0.29) is 0 Å². The molecule has 2 aromatic heterocycles. The van der Waals surface area contributed by atoms with Gasteiger partial charge in [0.1, 0.15) is 5.52 Å². The largest absolute Gasteiger partial charge is 0.327 e. The van der Waals surface area contributed by atoms with Crippen LogP contribution in [0.15, 0.2) is 41.0 Å². The lowest BCUT2D eigenvalue weighted by Gasteiger charge is -2.46. The van der Waals surface area contributed by atoms with E-state index in [1.807, 2.05) is 19.2 Å². The van der Waals surface area contributed by atoms with Crippen molar-refractivity contribution in [1.82, 2.24) is 19.7 Å². The molecule has 30 heavy (non-hydrogen) atoms. The van der Waals surface area contributed by atoms with Crippen molar-refractivity contribution in [1.29, 1.82) is 0 Å². The third kappa shape index (κ3) is 3.18. The monoisotopic (exact) mass is 402 g/mol. The number of allylic oxidation sites excluding steroid dienone is 2. The zero-order valence-electron chi connectivity index (χ0n) is 18.3. The summed E-state index contributed by atoms with van der Waals surface area (Å²) < 4.78 is 2.05. The van der Waals surface area contributed by atoms with E-state index in [1.165, 1.54) is 25.7 Å². The number of aryl methyl sites for hydroxylation is 1. The molecule has 1 fully saturated rings. The van der Waals surface area contributed by atoms with Gasteiger partial charge in [0.2, 0.25) is 0 Å². The molecule has 2 aliphatic rings. The van der Waals surface area contributed by atoms with Gasteiger partial charge in [-0.2, -0.15) is 10.1 Å². The van der Waals surface area contributed by atoms with E-state index < -0.39 is 0 Å². The number of para-hydroxylation sites is 1. The van der Waals surface area contributed by atoms with Crippen molar-refractivity contribution in [2.24, 2.45) is 35.3 Å². The van der Waals surface area contributed by atoms with Crippen molar-refractivity contribution in [2.45, 2.75) is 46.5 Å². The summed E-state index contributed by atoms with van der Waals surface area (Å²) in [6.07, 6.45) is 9.43. The summed E-state index contributed by atoms with van der Waals surface area (Å²) in [6, 6.07) is 8.17. The van der Waals surface area contributed by atoms with Crippen LogP contribution in [-0.4, -0.2) is 26.0 Å². The molecule has 5 rings (SSSR count). The summed E-state index contributed by atoms with van der Waals surface area (Å²) in [6.45, 7) is 7.19. The number of nitrogens with zero attached hydrogens (tertiary/aromatic N) is 5. The predicted octanol–water partition coefficient (Wildman–Crippen LogP) is 5.32. The van der Waals surface area contributed by atoms with Crippen molar-refractivity contribution in [3.8, 4) is 0 Å². The SMILES string of the molecule is C[C@@H]1CC2=CCCC(C)(C)[C@H]2C[C@@H]1/C=N\Nc1nnc2c3ccccc3n(C)c2n1. The van der Waals surface area contributed by atoms with Gasteiger partial charge in [-0.05, 0) is 54.9 Å². The topological polar surface area (TPSA) is 68.0 Å². The molecule has 1 saturated carbocycles. The van der Waals surface area contributed by atoms with Crippen LogP contribution in [0.2, 0.25) is 0 Å². The molecule has 0 saturated heterocycles. The Morgan fingerprint density at radius 3 is 2.93 bits per heavy atom. The van der Waals surface area contributed by atoms with E-state index in [0.29, 0.717) is 29.1 Å². The van der Waals surface area contributed by atoms with Crippen LogP contribution < -0.4 is 5.43 Å². The minimum absolute atomic E-state index is 0.385. The molecule has 156 valence electrons. The van der Waals surface area contributed by atoms with Crippen LogP contribution in [0.1, 0.15) is 46.5 Å². The van der Waals surface area contributed by atoms with E-state index in [2.05, 4.69) is 75.5 Å². The van der Waals surface area contributed by atoms with Crippen LogP contribution in [0, 0.1) is 23.2 Å². The zero-order valence-corrected chi connectivity index (χ0v) is 18.3. The number of hydrazone groups is 1. The van der Waals surface area contributed by atoms with Gasteiger partial charge >= 0.3 is 0 Å². The Kier molecular flexibility index (Phi) is 4.60. The summed E-state index contributed by atoms with van der Waals surface area (Å²) in [7, 11) is 2.01. The van der Waals surface area contributed by atoms with Crippen LogP contribution in [-0.2, 0) is 7.05 Å². The summed E-state index contributed by atoms with van der Waals surface area (Å²) >= 11 is 0. The van der Waals surface area contributed by atoms with Crippen molar-refractivity contribution < 1.29 is 0 Å². The number of fused-ring (bicyclic) bond motifs is 4. The highest BCUT2D eigenvalue weighted by Crippen LogP contribution is 2.50. The second-order valence-corrected chi connectivity index (χ2v) is 9.71. The number of hydrogen-bond donors (Lipinski definition) is 1. The molecular weight excluding hydrogens is 372 g/mol. The molecule has 0 radical (unpaired) electrons. The Balaban J connectivity index is 1.35. The highest BCUT2D eigenvalue weighted by Gasteiger charge is 2.40. The molecule has 0 unspecified atom stereocenters. The Morgan fingerprint density at radius 1 is 1.23 bits per heavy atom. The minimum Gasteiger partial charge on any atom is -0.327 e. The summed E-state index contributed by atoms with van der Waals surface area (Å²) in [5, 5.41) is 14.3. The first kappa shape index (κ1) is 19.2. The molecule has 0 amide bonds. The molecule has 6 nitrogen and oxygen atoms in total. The summed E-state index contributed by atoms with van der Waals surface area (Å²) in [5.41, 5.74) is 7.82. The Hall–Kier alpha value is -2.76. The Morgan fingerprint density at radius 2 is 2.07 bits per heavy atom. The van der Waals surface area contributed by atoms with Gasteiger partial charge < -0.3 is 4.57 Å². The number of benzene rings is 1. The lowest BCUT2D eigenvalue weighted by Crippen LogP contribution is -2.36. The number of nitrogens with one attached hydrogen (secondary N) is 1. The second kappa shape index (κ2) is 7.18. The lowest BCUT2D eigenvalue weighted by molar-refractivity contribution is 0.149. The van der Waals surface area contributed by atoms with Gasteiger partial charge in [0.05, 0.1) is 5.52 Å². The fourth-order valence-corrected chi connectivity index (χ4v) is 5.42.